The summed E-state index contributed by atoms with van der Waals surface area (Å²) in [5.41, 5.74) is 5.62. The Balaban J connectivity index is 1.16. The number of halogens is 1. The van der Waals surface area contributed by atoms with Crippen LogP contribution in [0.3, 0.4) is 0 Å². The number of aliphatic hydroxyl groups is 1. The second-order valence-electron chi connectivity index (χ2n) is 13.6. The van der Waals surface area contributed by atoms with E-state index in [2.05, 4.69) is 20.9 Å². The lowest BCUT2D eigenvalue weighted by molar-refractivity contribution is -0.172. The molecule has 0 saturated heterocycles. The zero-order valence-electron chi connectivity index (χ0n) is 29.9. The van der Waals surface area contributed by atoms with Crippen LogP contribution in [-0.2, 0) is 53.9 Å². The Morgan fingerprint density at radius 3 is 2.54 bits per heavy atom. The minimum atomic E-state index is -1.99. The number of nitrogens with two attached hydrogens (primary N) is 1. The van der Waals surface area contributed by atoms with E-state index in [9.17, 15) is 33.9 Å². The Hall–Kier alpha value is -5.96. The van der Waals surface area contributed by atoms with Crippen molar-refractivity contribution < 1.29 is 38.2 Å². The summed E-state index contributed by atoms with van der Waals surface area (Å²) in [6.07, 6.45) is 1.89. The molecule has 15 heteroatoms. The van der Waals surface area contributed by atoms with Gasteiger partial charge in [0, 0.05) is 41.3 Å². The van der Waals surface area contributed by atoms with E-state index in [1.807, 2.05) is 13.0 Å². The summed E-state index contributed by atoms with van der Waals surface area (Å²) >= 11 is 0. The van der Waals surface area contributed by atoms with Crippen molar-refractivity contribution in [3.63, 3.8) is 0 Å². The van der Waals surface area contributed by atoms with Crippen molar-refractivity contribution in [1.29, 1.82) is 0 Å². The topological polar surface area (TPSA) is 212 Å². The van der Waals surface area contributed by atoms with Crippen LogP contribution in [0.15, 0.2) is 59.4 Å². The highest BCUT2D eigenvalue weighted by atomic mass is 19.1. The molecule has 2 aromatic carbocycles. The highest BCUT2D eigenvalue weighted by Crippen LogP contribution is 2.39. The third kappa shape index (κ3) is 7.57. The van der Waals surface area contributed by atoms with Gasteiger partial charge in [-0.3, -0.25) is 24.0 Å². The number of amides is 4. The van der Waals surface area contributed by atoms with Gasteiger partial charge in [0.05, 0.1) is 41.2 Å². The first kappa shape index (κ1) is 37.8. The fraction of sp³-hybridized carbons (Fsp3) is 0.359. The summed E-state index contributed by atoms with van der Waals surface area (Å²) in [7, 11) is 0. The van der Waals surface area contributed by atoms with Gasteiger partial charge in [-0.1, -0.05) is 57.0 Å². The van der Waals surface area contributed by atoms with E-state index in [-0.39, 0.29) is 54.7 Å². The van der Waals surface area contributed by atoms with Crippen molar-refractivity contribution in [3.8, 4) is 11.4 Å². The molecule has 282 valence electrons. The predicted molar refractivity (Wildman–Crippen MR) is 195 cm³/mol. The van der Waals surface area contributed by atoms with Crippen LogP contribution in [0, 0.1) is 11.7 Å². The number of primary amides is 1. The Morgan fingerprint density at radius 2 is 1.83 bits per heavy atom. The number of cyclic esters (lactones) is 1. The number of unbranched alkanes of at least 4 members (excludes halogenated alkanes) is 1. The maximum Gasteiger partial charge on any atom is 0.343 e. The summed E-state index contributed by atoms with van der Waals surface area (Å²) in [6.45, 7) is 2.88. The normalized spacial score (nSPS) is 16.7. The van der Waals surface area contributed by atoms with Gasteiger partial charge in [-0.15, -0.1) is 0 Å². The molecule has 4 heterocycles. The molecule has 14 nitrogen and oxygen atoms in total. The van der Waals surface area contributed by atoms with Gasteiger partial charge in [0.25, 0.3) is 5.56 Å². The van der Waals surface area contributed by atoms with E-state index >= 15 is 4.39 Å². The number of benzene rings is 2. The fourth-order valence-corrected chi connectivity index (χ4v) is 6.92. The molecule has 6 rings (SSSR count). The average Bonchev–Trinajstić information content (AvgIpc) is 3.51. The SMILES string of the molecule is CCCCC(CC(=O)N[C@@H](Cc1ccccc1)C(=O)NCC(=O)Nc1cc2cc3c(nc2cc1F)-c1cc2c(c(=O)n1C3)COC(=O)[C@]2(O)CC)C(N)=O. The van der Waals surface area contributed by atoms with Gasteiger partial charge >= 0.3 is 5.97 Å². The first-order valence-electron chi connectivity index (χ1n) is 17.8. The van der Waals surface area contributed by atoms with E-state index < -0.39 is 65.1 Å². The molecule has 6 N–H and O–H groups in total. The van der Waals surface area contributed by atoms with Crippen LogP contribution in [0.5, 0.6) is 0 Å². The van der Waals surface area contributed by atoms with Crippen molar-refractivity contribution in [2.24, 2.45) is 11.7 Å². The van der Waals surface area contributed by atoms with E-state index in [0.29, 0.717) is 35.2 Å². The monoisotopic (exact) mass is 740 g/mol. The van der Waals surface area contributed by atoms with Crippen molar-refractivity contribution in [2.45, 2.75) is 77.2 Å². The standard InChI is InChI=1S/C39H41FN6O8/c1-3-5-11-22(35(41)49)15-32(47)44-30(12-21-9-7-6-8-10-21)36(50)42-18-33(48)43-29-14-23-13-24-19-46-31(34(24)45-28(23)17-27(29)40)16-26-25(37(46)51)20-54-38(52)39(26,53)4-2/h6-10,13-14,16-17,22,30,53H,3-5,11-12,15,18-20H2,1-2H3,(H2,41,49)(H,42,50)(H,43,48)(H,44,47)/t22?,30-,39-/m0/s1. The smallest absolute Gasteiger partial charge is 0.343 e. The number of anilines is 1. The van der Waals surface area contributed by atoms with Gasteiger partial charge in [0.1, 0.15) is 18.5 Å². The number of hydrogen-bond acceptors (Lipinski definition) is 9. The molecule has 0 aliphatic carbocycles. The molecule has 0 bridgehead atoms. The van der Waals surface area contributed by atoms with Crippen molar-refractivity contribution in [2.75, 3.05) is 11.9 Å². The van der Waals surface area contributed by atoms with Crippen LogP contribution < -0.4 is 27.2 Å². The third-order valence-electron chi connectivity index (χ3n) is 9.97. The third-order valence-corrected chi connectivity index (χ3v) is 9.97. The van der Waals surface area contributed by atoms with Crippen molar-refractivity contribution in [1.82, 2.24) is 20.2 Å². The van der Waals surface area contributed by atoms with E-state index in [0.717, 1.165) is 18.1 Å². The van der Waals surface area contributed by atoms with E-state index in [1.54, 1.807) is 43.3 Å². The summed E-state index contributed by atoms with van der Waals surface area (Å²) in [4.78, 5) is 81.7. The van der Waals surface area contributed by atoms with Gasteiger partial charge in [0.2, 0.25) is 23.6 Å². The molecule has 2 aromatic heterocycles. The quantitative estimate of drug-likeness (QED) is 0.106. The van der Waals surface area contributed by atoms with Crippen LogP contribution in [0.1, 0.15) is 68.2 Å². The summed E-state index contributed by atoms with van der Waals surface area (Å²) < 4.78 is 22.0. The second kappa shape index (κ2) is 15.6. The van der Waals surface area contributed by atoms with Gasteiger partial charge in [0.15, 0.2) is 5.60 Å². The molecule has 4 amide bonds. The Morgan fingerprint density at radius 1 is 1.07 bits per heavy atom. The van der Waals surface area contributed by atoms with Crippen LogP contribution >= 0.6 is 0 Å². The number of rotatable bonds is 14. The zero-order valence-corrected chi connectivity index (χ0v) is 29.9. The lowest BCUT2D eigenvalue weighted by Gasteiger charge is -2.31. The number of pyridine rings is 2. The minimum absolute atomic E-state index is 0.00800. The molecular weight excluding hydrogens is 699 g/mol. The maximum atomic E-state index is 15.4. The molecular formula is C39H41FN6O8. The molecule has 0 saturated carbocycles. The predicted octanol–water partition coefficient (Wildman–Crippen LogP) is 2.68. The zero-order chi connectivity index (χ0) is 38.7. The number of ether oxygens (including phenoxy) is 1. The number of carbonyl (C=O) groups excluding carboxylic acids is 5. The lowest BCUT2D eigenvalue weighted by Crippen LogP contribution is -2.50. The second-order valence-corrected chi connectivity index (χ2v) is 13.6. The Kier molecular flexibility index (Phi) is 10.9. The van der Waals surface area contributed by atoms with Crippen LogP contribution in [0.2, 0.25) is 0 Å². The first-order valence-corrected chi connectivity index (χ1v) is 17.8. The lowest BCUT2D eigenvalue weighted by atomic mass is 9.86. The van der Waals surface area contributed by atoms with Crippen LogP contribution in [0.4, 0.5) is 10.1 Å². The molecule has 2 aliphatic rings. The van der Waals surface area contributed by atoms with Crippen LogP contribution in [-0.4, -0.2) is 56.8 Å². The molecule has 4 aromatic rings. The average molecular weight is 741 g/mol. The number of carbonyl (C=O) groups is 5. The highest BCUT2D eigenvalue weighted by Gasteiger charge is 2.45. The highest BCUT2D eigenvalue weighted by molar-refractivity contribution is 5.98. The number of nitrogens with one attached hydrogen (secondary N) is 3. The molecule has 0 spiro atoms. The fourth-order valence-electron chi connectivity index (χ4n) is 6.92. The van der Waals surface area contributed by atoms with Gasteiger partial charge < -0.3 is 36.1 Å². The molecule has 54 heavy (non-hydrogen) atoms. The Bertz CT molecular complexity index is 2220. The Labute approximate surface area is 309 Å². The van der Waals surface area contributed by atoms with E-state index in [4.69, 9.17) is 10.5 Å². The summed E-state index contributed by atoms with van der Waals surface area (Å²) in [5, 5.41) is 19.2. The molecule has 2 aliphatic heterocycles. The summed E-state index contributed by atoms with van der Waals surface area (Å²) in [6, 6.07) is 13.7. The maximum absolute atomic E-state index is 15.4. The number of hydrogen-bond donors (Lipinski definition) is 5. The van der Waals surface area contributed by atoms with Gasteiger partial charge in [-0.2, -0.15) is 0 Å². The van der Waals surface area contributed by atoms with Crippen molar-refractivity contribution in [3.05, 3.63) is 93.0 Å². The van der Waals surface area contributed by atoms with Gasteiger partial charge in [-0.25, -0.2) is 14.2 Å². The summed E-state index contributed by atoms with van der Waals surface area (Å²) in [5.74, 6) is -4.85. The van der Waals surface area contributed by atoms with E-state index in [1.165, 1.54) is 10.6 Å². The largest absolute Gasteiger partial charge is 0.458 e. The number of fused-ring (bicyclic) bond motifs is 5. The molecule has 3 atom stereocenters. The van der Waals surface area contributed by atoms with Gasteiger partial charge in [-0.05, 0) is 36.6 Å². The van der Waals surface area contributed by atoms with Crippen molar-refractivity contribution >= 4 is 46.2 Å². The molecule has 0 fully saturated rings. The number of nitrogens with zero attached hydrogens (tertiary/aromatic N) is 2. The van der Waals surface area contributed by atoms with Crippen LogP contribution in [0.25, 0.3) is 22.3 Å². The number of aromatic nitrogens is 2. The minimum Gasteiger partial charge on any atom is -0.458 e. The molecule has 1 unspecified atom stereocenters. The molecule has 0 radical (unpaired) electrons. The first-order chi connectivity index (χ1) is 25.8. The number of esters is 1.